The van der Waals surface area contributed by atoms with Crippen molar-refractivity contribution in [2.45, 2.75) is 25.7 Å². The fourth-order valence-electron chi connectivity index (χ4n) is 2.78. The van der Waals surface area contributed by atoms with E-state index < -0.39 is 5.97 Å². The van der Waals surface area contributed by atoms with Gasteiger partial charge < -0.3 is 15.0 Å². The summed E-state index contributed by atoms with van der Waals surface area (Å²) in [5, 5.41) is 11.3. The van der Waals surface area contributed by atoms with Crippen LogP contribution in [0.25, 0.3) is 0 Å². The number of nitrogens with one attached hydrogen (secondary N) is 1. The maximum absolute atomic E-state index is 11.9. The molecule has 1 N–H and O–H groups in total. The van der Waals surface area contributed by atoms with E-state index in [1.165, 1.54) is 20.0 Å². The predicted octanol–water partition coefficient (Wildman–Crippen LogP) is 2.78. The van der Waals surface area contributed by atoms with Crippen LogP contribution in [0, 0.1) is 0 Å². The predicted molar refractivity (Wildman–Crippen MR) is 91.6 cm³/mol. The lowest BCUT2D eigenvalue weighted by atomic mass is 10.2. The normalized spacial score (nSPS) is 14.8. The molecule has 1 aromatic carbocycles. The quantitative estimate of drug-likeness (QED) is 0.865. The average Bonchev–Trinajstić information content (AvgIpc) is 2.91. The number of benzene rings is 1. The van der Waals surface area contributed by atoms with Gasteiger partial charge in [0.2, 0.25) is 5.95 Å². The molecule has 1 fully saturated rings. The zero-order chi connectivity index (χ0) is 16.8. The van der Waals surface area contributed by atoms with E-state index in [0.29, 0.717) is 23.0 Å². The van der Waals surface area contributed by atoms with E-state index in [0.717, 1.165) is 25.9 Å². The summed E-state index contributed by atoms with van der Waals surface area (Å²) in [7, 11) is 1.36. The van der Waals surface area contributed by atoms with Gasteiger partial charge in [-0.05, 0) is 25.0 Å². The smallest absolute Gasteiger partial charge is 0.339 e. The molecule has 1 aliphatic rings. The number of nitrogens with zero attached hydrogens (tertiary/aromatic N) is 4. The lowest BCUT2D eigenvalue weighted by Gasteiger charge is -2.20. The second kappa shape index (κ2) is 7.72. The summed E-state index contributed by atoms with van der Waals surface area (Å²) in [5.74, 6) is 0.783. The molecule has 3 rings (SSSR count). The van der Waals surface area contributed by atoms with E-state index in [-0.39, 0.29) is 0 Å². The maximum Gasteiger partial charge on any atom is 0.339 e. The molecule has 2 aromatic rings. The molecule has 7 heteroatoms. The Morgan fingerprint density at radius 2 is 1.92 bits per heavy atom. The number of carbonyl (C=O) groups excluding carboxylic acids is 1. The number of methoxy groups -OCH3 is 1. The lowest BCUT2D eigenvalue weighted by Crippen LogP contribution is -2.26. The second-order valence-electron chi connectivity index (χ2n) is 5.71. The zero-order valence-corrected chi connectivity index (χ0v) is 13.7. The minimum absolute atomic E-state index is 0.396. The maximum atomic E-state index is 11.9. The number of ether oxygens (including phenoxy) is 1. The van der Waals surface area contributed by atoms with Gasteiger partial charge in [-0.3, -0.25) is 0 Å². The highest BCUT2D eigenvalue weighted by Gasteiger charge is 2.15. The Balaban J connectivity index is 1.81. The third-order valence-electron chi connectivity index (χ3n) is 4.03. The Morgan fingerprint density at radius 1 is 1.17 bits per heavy atom. The Labute approximate surface area is 141 Å². The molecule has 0 saturated carbocycles. The lowest BCUT2D eigenvalue weighted by molar-refractivity contribution is 0.0602. The van der Waals surface area contributed by atoms with Gasteiger partial charge in [-0.15, -0.1) is 5.10 Å². The minimum atomic E-state index is -0.396. The van der Waals surface area contributed by atoms with E-state index in [1.807, 2.05) is 6.07 Å². The molecule has 0 amide bonds. The van der Waals surface area contributed by atoms with Crippen molar-refractivity contribution in [1.29, 1.82) is 0 Å². The number of carbonyl (C=O) groups is 1. The molecule has 126 valence electrons. The van der Waals surface area contributed by atoms with E-state index in [2.05, 4.69) is 25.4 Å². The number of hydrogen-bond acceptors (Lipinski definition) is 7. The summed E-state index contributed by atoms with van der Waals surface area (Å²) >= 11 is 0. The average molecular weight is 327 g/mol. The first kappa shape index (κ1) is 16.2. The number of rotatable bonds is 4. The third kappa shape index (κ3) is 3.79. The molecular weight excluding hydrogens is 306 g/mol. The van der Waals surface area contributed by atoms with Gasteiger partial charge in [-0.25, -0.2) is 4.79 Å². The van der Waals surface area contributed by atoms with E-state index >= 15 is 0 Å². The number of anilines is 3. The van der Waals surface area contributed by atoms with Crippen LogP contribution in [0.15, 0.2) is 30.5 Å². The van der Waals surface area contributed by atoms with Gasteiger partial charge in [0, 0.05) is 13.1 Å². The Hall–Kier alpha value is -2.70. The molecule has 1 aromatic heterocycles. The molecule has 1 aliphatic heterocycles. The molecule has 0 bridgehead atoms. The van der Waals surface area contributed by atoms with Gasteiger partial charge in [0.15, 0.2) is 5.82 Å². The van der Waals surface area contributed by atoms with E-state index in [1.54, 1.807) is 24.4 Å². The first-order chi connectivity index (χ1) is 11.8. The van der Waals surface area contributed by atoms with Crippen LogP contribution in [-0.2, 0) is 4.74 Å². The highest BCUT2D eigenvalue weighted by molar-refractivity contribution is 5.96. The van der Waals surface area contributed by atoms with Gasteiger partial charge >= 0.3 is 5.97 Å². The molecule has 2 heterocycles. The fraction of sp³-hybridized carbons (Fsp3) is 0.412. The molecule has 0 spiro atoms. The van der Waals surface area contributed by atoms with Crippen molar-refractivity contribution >= 4 is 23.4 Å². The molecular formula is C17H21N5O2. The third-order valence-corrected chi connectivity index (χ3v) is 4.03. The molecule has 0 atom stereocenters. The van der Waals surface area contributed by atoms with E-state index in [4.69, 9.17) is 4.74 Å². The van der Waals surface area contributed by atoms with Crippen LogP contribution in [0.3, 0.4) is 0 Å². The summed E-state index contributed by atoms with van der Waals surface area (Å²) in [4.78, 5) is 18.6. The van der Waals surface area contributed by atoms with Gasteiger partial charge in [0.05, 0.1) is 24.6 Å². The number of aromatic nitrogens is 3. The van der Waals surface area contributed by atoms with Crippen molar-refractivity contribution in [3.05, 3.63) is 36.0 Å². The van der Waals surface area contributed by atoms with Gasteiger partial charge in [-0.2, -0.15) is 10.1 Å². The van der Waals surface area contributed by atoms with Crippen molar-refractivity contribution in [3.8, 4) is 0 Å². The topological polar surface area (TPSA) is 80.2 Å². The first-order valence-electron chi connectivity index (χ1n) is 8.17. The Bertz CT molecular complexity index is 699. The van der Waals surface area contributed by atoms with Gasteiger partial charge in [0.1, 0.15) is 0 Å². The molecule has 0 aliphatic carbocycles. The van der Waals surface area contributed by atoms with Crippen molar-refractivity contribution in [1.82, 2.24) is 15.2 Å². The van der Waals surface area contributed by atoms with Gasteiger partial charge in [-0.1, -0.05) is 25.0 Å². The summed E-state index contributed by atoms with van der Waals surface area (Å²) < 4.78 is 4.81. The molecule has 1 saturated heterocycles. The zero-order valence-electron chi connectivity index (χ0n) is 13.7. The summed E-state index contributed by atoms with van der Waals surface area (Å²) in [5.41, 5.74) is 1.08. The first-order valence-corrected chi connectivity index (χ1v) is 8.17. The SMILES string of the molecule is COC(=O)c1ccccc1Nc1cnnc(N2CCCCCC2)n1. The highest BCUT2D eigenvalue weighted by atomic mass is 16.5. The monoisotopic (exact) mass is 327 g/mol. The van der Waals surface area contributed by atoms with Crippen molar-refractivity contribution < 1.29 is 9.53 Å². The van der Waals surface area contributed by atoms with Gasteiger partial charge in [0.25, 0.3) is 0 Å². The standard InChI is InChI=1S/C17H21N5O2/c1-24-16(23)13-8-4-5-9-14(13)19-15-12-18-21-17(20-15)22-10-6-2-3-7-11-22/h4-5,8-9,12H,2-3,6-7,10-11H2,1H3,(H,19,20,21). The summed E-state index contributed by atoms with van der Waals surface area (Å²) in [6, 6.07) is 7.15. The van der Waals surface area contributed by atoms with Crippen molar-refractivity contribution in [2.24, 2.45) is 0 Å². The number of para-hydroxylation sites is 1. The van der Waals surface area contributed by atoms with Crippen molar-refractivity contribution in [3.63, 3.8) is 0 Å². The molecule has 0 unspecified atom stereocenters. The van der Waals surface area contributed by atoms with Crippen LogP contribution in [0.2, 0.25) is 0 Å². The van der Waals surface area contributed by atoms with Crippen LogP contribution >= 0.6 is 0 Å². The fourth-order valence-corrected chi connectivity index (χ4v) is 2.78. The molecule has 7 nitrogen and oxygen atoms in total. The second-order valence-corrected chi connectivity index (χ2v) is 5.71. The van der Waals surface area contributed by atoms with E-state index in [9.17, 15) is 4.79 Å². The molecule has 24 heavy (non-hydrogen) atoms. The largest absolute Gasteiger partial charge is 0.465 e. The minimum Gasteiger partial charge on any atom is -0.465 e. The summed E-state index contributed by atoms with van der Waals surface area (Å²) in [6.07, 6.45) is 6.33. The molecule has 0 radical (unpaired) electrons. The highest BCUT2D eigenvalue weighted by Crippen LogP contribution is 2.21. The van der Waals surface area contributed by atoms with Crippen molar-refractivity contribution in [2.75, 3.05) is 30.4 Å². The Kier molecular flexibility index (Phi) is 5.20. The van der Waals surface area contributed by atoms with Crippen LogP contribution in [0.1, 0.15) is 36.0 Å². The van der Waals surface area contributed by atoms with Crippen LogP contribution in [0.5, 0.6) is 0 Å². The number of esters is 1. The number of hydrogen-bond donors (Lipinski definition) is 1. The van der Waals surface area contributed by atoms with Crippen LogP contribution < -0.4 is 10.2 Å². The Morgan fingerprint density at radius 3 is 2.67 bits per heavy atom. The van der Waals surface area contributed by atoms with Crippen LogP contribution in [-0.4, -0.2) is 41.3 Å². The van der Waals surface area contributed by atoms with Crippen LogP contribution in [0.4, 0.5) is 17.5 Å². The summed E-state index contributed by atoms with van der Waals surface area (Å²) in [6.45, 7) is 1.90.